The maximum atomic E-state index is 12.6. The van der Waals surface area contributed by atoms with E-state index in [0.29, 0.717) is 19.7 Å². The highest BCUT2D eigenvalue weighted by molar-refractivity contribution is 5.79. The van der Waals surface area contributed by atoms with Crippen LogP contribution < -0.4 is 0 Å². The highest BCUT2D eigenvalue weighted by Crippen LogP contribution is 2.15. The van der Waals surface area contributed by atoms with Gasteiger partial charge in [-0.1, -0.05) is 13.8 Å². The minimum absolute atomic E-state index is 0.00373. The van der Waals surface area contributed by atoms with Crippen molar-refractivity contribution in [2.45, 2.75) is 46.6 Å². The Morgan fingerprint density at radius 2 is 1.82 bits per heavy atom. The highest BCUT2D eigenvalue weighted by atomic mass is 16.5. The molecule has 1 heterocycles. The number of hydrogen-bond donors (Lipinski definition) is 0. The number of nitrogens with zero attached hydrogens (tertiary/aromatic N) is 2. The second-order valence-corrected chi connectivity index (χ2v) is 5.18. The molecule has 0 fully saturated rings. The SMILES string of the molecule is CCOC(=O)CCN(Cc1ccncc1)C(=O)C(CC)CC. The van der Waals surface area contributed by atoms with E-state index in [1.54, 1.807) is 24.2 Å². The third-order valence-electron chi connectivity index (χ3n) is 3.66. The molecule has 5 nitrogen and oxygen atoms in total. The van der Waals surface area contributed by atoms with Gasteiger partial charge in [-0.25, -0.2) is 0 Å². The van der Waals surface area contributed by atoms with Crippen molar-refractivity contribution in [2.24, 2.45) is 5.92 Å². The minimum Gasteiger partial charge on any atom is -0.466 e. The molecule has 0 saturated heterocycles. The first-order valence-electron chi connectivity index (χ1n) is 7.95. The number of ether oxygens (including phenoxy) is 1. The van der Waals surface area contributed by atoms with Crippen molar-refractivity contribution < 1.29 is 14.3 Å². The summed E-state index contributed by atoms with van der Waals surface area (Å²) in [6.07, 6.45) is 5.26. The quantitative estimate of drug-likeness (QED) is 0.658. The lowest BCUT2D eigenvalue weighted by Gasteiger charge is -2.26. The van der Waals surface area contributed by atoms with Gasteiger partial charge in [0, 0.05) is 31.4 Å². The average Bonchev–Trinajstić information content (AvgIpc) is 2.53. The topological polar surface area (TPSA) is 59.5 Å². The fourth-order valence-corrected chi connectivity index (χ4v) is 2.33. The molecule has 0 bridgehead atoms. The molecule has 0 spiro atoms. The molecule has 1 rings (SSSR count). The first kappa shape index (κ1) is 18.1. The third kappa shape index (κ3) is 5.84. The molecule has 0 unspecified atom stereocenters. The fraction of sp³-hybridized carbons (Fsp3) is 0.588. The van der Waals surface area contributed by atoms with E-state index >= 15 is 0 Å². The van der Waals surface area contributed by atoms with Crippen LogP contribution in [0.1, 0.15) is 45.6 Å². The molecular formula is C17H26N2O3. The smallest absolute Gasteiger partial charge is 0.307 e. The number of pyridine rings is 1. The Morgan fingerprint density at radius 1 is 1.18 bits per heavy atom. The Labute approximate surface area is 132 Å². The normalized spacial score (nSPS) is 10.5. The zero-order valence-corrected chi connectivity index (χ0v) is 13.7. The fourth-order valence-electron chi connectivity index (χ4n) is 2.33. The molecule has 122 valence electrons. The Bertz CT molecular complexity index is 458. The highest BCUT2D eigenvalue weighted by Gasteiger charge is 2.22. The van der Waals surface area contributed by atoms with Crippen LogP contribution >= 0.6 is 0 Å². The van der Waals surface area contributed by atoms with Crippen molar-refractivity contribution in [3.05, 3.63) is 30.1 Å². The number of carbonyl (C=O) groups is 2. The van der Waals surface area contributed by atoms with Gasteiger partial charge >= 0.3 is 5.97 Å². The summed E-state index contributed by atoms with van der Waals surface area (Å²) in [4.78, 5) is 29.9. The maximum Gasteiger partial charge on any atom is 0.307 e. The van der Waals surface area contributed by atoms with Crippen LogP contribution in [0.15, 0.2) is 24.5 Å². The summed E-state index contributed by atoms with van der Waals surface area (Å²) in [6, 6.07) is 3.77. The van der Waals surface area contributed by atoms with E-state index in [2.05, 4.69) is 4.98 Å². The van der Waals surface area contributed by atoms with Crippen molar-refractivity contribution in [1.82, 2.24) is 9.88 Å². The summed E-state index contributed by atoms with van der Waals surface area (Å²) in [5, 5.41) is 0. The molecule has 1 aromatic heterocycles. The van der Waals surface area contributed by atoms with Gasteiger partial charge < -0.3 is 9.64 Å². The average molecular weight is 306 g/mol. The lowest BCUT2D eigenvalue weighted by atomic mass is 10.0. The Kier molecular flexibility index (Phi) is 8.18. The van der Waals surface area contributed by atoms with Crippen LogP contribution in [0.5, 0.6) is 0 Å². The molecule has 1 aromatic rings. The van der Waals surface area contributed by atoms with Crippen LogP contribution in [0.2, 0.25) is 0 Å². The molecule has 22 heavy (non-hydrogen) atoms. The molecule has 0 aliphatic carbocycles. The predicted molar refractivity (Wildman–Crippen MR) is 85.0 cm³/mol. The van der Waals surface area contributed by atoms with Gasteiger partial charge in [-0.05, 0) is 37.5 Å². The van der Waals surface area contributed by atoms with Crippen LogP contribution in [0, 0.1) is 5.92 Å². The van der Waals surface area contributed by atoms with Crippen molar-refractivity contribution in [3.8, 4) is 0 Å². The van der Waals surface area contributed by atoms with E-state index in [4.69, 9.17) is 4.74 Å². The zero-order chi connectivity index (χ0) is 16.4. The van der Waals surface area contributed by atoms with Crippen molar-refractivity contribution in [2.75, 3.05) is 13.2 Å². The van der Waals surface area contributed by atoms with E-state index in [0.717, 1.165) is 18.4 Å². The van der Waals surface area contributed by atoms with Gasteiger partial charge in [-0.2, -0.15) is 0 Å². The van der Waals surface area contributed by atoms with Crippen molar-refractivity contribution in [3.63, 3.8) is 0 Å². The Balaban J connectivity index is 2.75. The lowest BCUT2D eigenvalue weighted by Crippen LogP contribution is -2.37. The van der Waals surface area contributed by atoms with Gasteiger partial charge in [0.2, 0.25) is 5.91 Å². The predicted octanol–water partition coefficient (Wildman–Crippen LogP) is 2.80. The zero-order valence-electron chi connectivity index (χ0n) is 13.7. The lowest BCUT2D eigenvalue weighted by molar-refractivity contribution is -0.144. The number of esters is 1. The molecule has 0 N–H and O–H groups in total. The van der Waals surface area contributed by atoms with Crippen molar-refractivity contribution >= 4 is 11.9 Å². The number of hydrogen-bond acceptors (Lipinski definition) is 4. The summed E-state index contributed by atoms with van der Waals surface area (Å²) in [7, 11) is 0. The summed E-state index contributed by atoms with van der Waals surface area (Å²) in [5.74, 6) is -0.158. The molecule has 0 saturated carbocycles. The van der Waals surface area contributed by atoms with Crippen LogP contribution in [0.25, 0.3) is 0 Å². The van der Waals surface area contributed by atoms with Crippen LogP contribution in [0.3, 0.4) is 0 Å². The molecule has 0 aliphatic rings. The summed E-state index contributed by atoms with van der Waals surface area (Å²) in [5.41, 5.74) is 1.01. The van der Waals surface area contributed by atoms with Gasteiger partial charge in [0.25, 0.3) is 0 Å². The number of rotatable bonds is 9. The first-order valence-corrected chi connectivity index (χ1v) is 7.95. The van der Waals surface area contributed by atoms with Crippen LogP contribution in [0.4, 0.5) is 0 Å². The first-order chi connectivity index (χ1) is 10.6. The van der Waals surface area contributed by atoms with E-state index in [1.165, 1.54) is 0 Å². The minimum atomic E-state index is -0.264. The second-order valence-electron chi connectivity index (χ2n) is 5.18. The van der Waals surface area contributed by atoms with E-state index < -0.39 is 0 Å². The van der Waals surface area contributed by atoms with Crippen LogP contribution in [-0.2, 0) is 20.9 Å². The molecule has 0 aromatic carbocycles. The number of amides is 1. The van der Waals surface area contributed by atoms with Gasteiger partial charge in [-0.3, -0.25) is 14.6 Å². The van der Waals surface area contributed by atoms with E-state index in [-0.39, 0.29) is 24.2 Å². The van der Waals surface area contributed by atoms with Gasteiger partial charge in [0.1, 0.15) is 0 Å². The number of carbonyl (C=O) groups excluding carboxylic acids is 2. The summed E-state index contributed by atoms with van der Waals surface area (Å²) < 4.78 is 4.95. The molecule has 5 heteroatoms. The summed E-state index contributed by atoms with van der Waals surface area (Å²) >= 11 is 0. The monoisotopic (exact) mass is 306 g/mol. The molecule has 1 amide bonds. The van der Waals surface area contributed by atoms with Crippen LogP contribution in [-0.4, -0.2) is 34.9 Å². The molecule has 0 radical (unpaired) electrons. The maximum absolute atomic E-state index is 12.6. The van der Waals surface area contributed by atoms with Gasteiger partial charge in [0.05, 0.1) is 13.0 Å². The molecule has 0 aliphatic heterocycles. The standard InChI is InChI=1S/C17H26N2O3/c1-4-15(5-2)17(21)19(12-9-16(20)22-6-3)13-14-7-10-18-11-8-14/h7-8,10-11,15H,4-6,9,12-13H2,1-3H3. The summed E-state index contributed by atoms with van der Waals surface area (Å²) in [6.45, 7) is 7.06. The number of aromatic nitrogens is 1. The third-order valence-corrected chi connectivity index (χ3v) is 3.66. The van der Waals surface area contributed by atoms with Gasteiger partial charge in [-0.15, -0.1) is 0 Å². The second kappa shape index (κ2) is 9.92. The Morgan fingerprint density at radius 3 is 2.36 bits per heavy atom. The largest absolute Gasteiger partial charge is 0.466 e. The van der Waals surface area contributed by atoms with E-state index in [9.17, 15) is 9.59 Å². The van der Waals surface area contributed by atoms with Gasteiger partial charge in [0.15, 0.2) is 0 Å². The molecular weight excluding hydrogens is 280 g/mol. The Hall–Kier alpha value is -1.91. The van der Waals surface area contributed by atoms with Crippen molar-refractivity contribution in [1.29, 1.82) is 0 Å². The van der Waals surface area contributed by atoms with E-state index in [1.807, 2.05) is 26.0 Å². The molecule has 0 atom stereocenters.